The molecule has 2 bridgehead atoms. The first-order chi connectivity index (χ1) is 8.89. The Morgan fingerprint density at radius 3 is 2.84 bits per heavy atom. The van der Waals surface area contributed by atoms with Crippen molar-refractivity contribution in [3.05, 3.63) is 10.4 Å². The van der Waals surface area contributed by atoms with Crippen LogP contribution in [0.1, 0.15) is 33.6 Å². The molecular weight excluding hydrogens is 264 g/mol. The Morgan fingerprint density at radius 2 is 2.21 bits per heavy atom. The summed E-state index contributed by atoms with van der Waals surface area (Å²) in [6.07, 6.45) is 2.39. The molecule has 0 aromatic carbocycles. The van der Waals surface area contributed by atoms with Crippen LogP contribution in [0.5, 0.6) is 0 Å². The molecule has 3 saturated carbocycles. The summed E-state index contributed by atoms with van der Waals surface area (Å²) in [4.78, 5) is 2.73. The number of alkyl halides is 1. The predicted molar refractivity (Wildman–Crippen MR) is 73.8 cm³/mol. The maximum Gasteiger partial charge on any atom is 0.476 e. The van der Waals surface area contributed by atoms with Gasteiger partial charge in [0.05, 0.1) is 17.0 Å². The van der Waals surface area contributed by atoms with Crippen molar-refractivity contribution in [3.8, 4) is 0 Å². The number of azide groups is 1. The SMILES string of the molecule is CC1(C)[C@@H]2CC3OB([C@H](Cl)CN=[N+]=[N-])O[C@@]3(C)[C@H]1C2. The molecule has 0 N–H and O–H groups in total. The maximum atomic E-state index is 8.35. The molecule has 4 aliphatic rings. The smallest absolute Gasteiger partial charge is 0.404 e. The van der Waals surface area contributed by atoms with Crippen LogP contribution in [-0.2, 0) is 9.31 Å². The molecule has 4 rings (SSSR count). The summed E-state index contributed by atoms with van der Waals surface area (Å²) in [5, 5.41) is 3.09. The van der Waals surface area contributed by atoms with Gasteiger partial charge < -0.3 is 9.31 Å². The fourth-order valence-electron chi connectivity index (χ4n) is 4.25. The topological polar surface area (TPSA) is 67.2 Å². The van der Waals surface area contributed by atoms with E-state index in [9.17, 15) is 0 Å². The van der Waals surface area contributed by atoms with Crippen LogP contribution in [0.2, 0.25) is 0 Å². The van der Waals surface area contributed by atoms with E-state index in [1.54, 1.807) is 0 Å². The van der Waals surface area contributed by atoms with Crippen molar-refractivity contribution in [2.45, 2.75) is 50.6 Å². The number of rotatable bonds is 3. The lowest BCUT2D eigenvalue weighted by Gasteiger charge is -2.64. The number of hydrogen-bond acceptors (Lipinski definition) is 3. The zero-order chi connectivity index (χ0) is 13.8. The Labute approximate surface area is 118 Å². The van der Waals surface area contributed by atoms with E-state index in [-0.39, 0.29) is 18.2 Å². The highest BCUT2D eigenvalue weighted by molar-refractivity contribution is 6.60. The van der Waals surface area contributed by atoms with Gasteiger partial charge in [-0.25, -0.2) is 0 Å². The van der Waals surface area contributed by atoms with Crippen molar-refractivity contribution >= 4 is 18.7 Å². The molecule has 0 aromatic heterocycles. The van der Waals surface area contributed by atoms with Crippen molar-refractivity contribution in [1.29, 1.82) is 0 Å². The second kappa shape index (κ2) is 4.29. The van der Waals surface area contributed by atoms with Gasteiger partial charge in [-0.1, -0.05) is 19.0 Å². The Balaban J connectivity index is 1.75. The van der Waals surface area contributed by atoms with Gasteiger partial charge in [0, 0.05) is 11.5 Å². The van der Waals surface area contributed by atoms with E-state index in [2.05, 4.69) is 30.8 Å². The maximum absolute atomic E-state index is 8.35. The standard InChI is InChI=1S/C12H19BClN3O2/c1-11(2)7-4-8(11)12(3)9(5-7)18-13(19-12)10(14)6-16-17-15/h7-10H,4-6H2,1-3H3/t7-,8-,9?,10+,12-/m0/s1. The molecule has 0 spiro atoms. The van der Waals surface area contributed by atoms with Gasteiger partial charge in [0.15, 0.2) is 0 Å². The predicted octanol–water partition coefficient (Wildman–Crippen LogP) is 3.17. The summed E-state index contributed by atoms with van der Waals surface area (Å²) >= 11 is 6.21. The van der Waals surface area contributed by atoms with Crippen molar-refractivity contribution in [1.82, 2.24) is 0 Å². The minimum absolute atomic E-state index is 0.126. The zero-order valence-corrected chi connectivity index (χ0v) is 12.3. The summed E-state index contributed by atoms with van der Waals surface area (Å²) in [6.45, 7) is 6.99. The molecule has 4 fully saturated rings. The second-order valence-corrected chi connectivity index (χ2v) is 7.33. The van der Waals surface area contributed by atoms with Crippen LogP contribution in [0, 0.1) is 17.3 Å². The third-order valence-corrected chi connectivity index (χ3v) is 5.93. The van der Waals surface area contributed by atoms with Gasteiger partial charge >= 0.3 is 7.12 Å². The van der Waals surface area contributed by atoms with Crippen LogP contribution in [0.25, 0.3) is 10.4 Å². The molecule has 7 heteroatoms. The first kappa shape index (κ1) is 13.6. The van der Waals surface area contributed by atoms with E-state index in [0.29, 0.717) is 11.3 Å². The van der Waals surface area contributed by atoms with Gasteiger partial charge in [0.1, 0.15) is 0 Å². The monoisotopic (exact) mass is 283 g/mol. The molecule has 0 radical (unpaired) electrons. The fourth-order valence-corrected chi connectivity index (χ4v) is 4.43. The average molecular weight is 284 g/mol. The van der Waals surface area contributed by atoms with Crippen molar-refractivity contribution < 1.29 is 9.31 Å². The Kier molecular flexibility index (Phi) is 3.06. The Hall–Kier alpha value is -0.415. The lowest BCUT2D eigenvalue weighted by molar-refractivity contribution is -0.199. The molecule has 0 aromatic rings. The summed E-state index contributed by atoms with van der Waals surface area (Å²) in [6, 6.07) is 0. The van der Waals surface area contributed by atoms with Crippen LogP contribution in [0.4, 0.5) is 0 Å². The first-order valence-corrected chi connectivity index (χ1v) is 7.31. The van der Waals surface area contributed by atoms with Gasteiger partial charge in [0.25, 0.3) is 0 Å². The van der Waals surface area contributed by atoms with Gasteiger partial charge in [-0.05, 0) is 42.5 Å². The lowest BCUT2D eigenvalue weighted by Crippen LogP contribution is -2.65. The highest BCUT2D eigenvalue weighted by Gasteiger charge is 2.68. The zero-order valence-electron chi connectivity index (χ0n) is 11.5. The Bertz CT molecular complexity index is 443. The van der Waals surface area contributed by atoms with Crippen molar-refractivity contribution in [3.63, 3.8) is 0 Å². The molecule has 3 aliphatic carbocycles. The highest BCUT2D eigenvalue weighted by atomic mass is 35.5. The molecule has 19 heavy (non-hydrogen) atoms. The number of halogens is 1. The number of hydrogen-bond donors (Lipinski definition) is 0. The average Bonchev–Trinajstić information content (AvgIpc) is 2.72. The van der Waals surface area contributed by atoms with E-state index < -0.39 is 12.4 Å². The molecule has 5 atom stereocenters. The van der Waals surface area contributed by atoms with Gasteiger partial charge in [-0.2, -0.15) is 0 Å². The molecular formula is C12H19BClN3O2. The van der Waals surface area contributed by atoms with E-state index in [1.165, 1.54) is 6.42 Å². The van der Waals surface area contributed by atoms with Gasteiger partial charge in [-0.3, -0.25) is 0 Å². The quantitative estimate of drug-likeness (QED) is 0.262. The van der Waals surface area contributed by atoms with Crippen molar-refractivity contribution in [2.24, 2.45) is 22.4 Å². The fraction of sp³-hybridized carbons (Fsp3) is 1.00. The molecule has 1 aliphatic heterocycles. The summed E-state index contributed by atoms with van der Waals surface area (Å²) < 4.78 is 12.1. The summed E-state index contributed by atoms with van der Waals surface area (Å²) in [7, 11) is -0.461. The van der Waals surface area contributed by atoms with Crippen molar-refractivity contribution in [2.75, 3.05) is 6.54 Å². The number of nitrogens with zero attached hydrogens (tertiary/aromatic N) is 3. The molecule has 0 amide bonds. The molecule has 104 valence electrons. The minimum Gasteiger partial charge on any atom is -0.404 e. The third-order valence-electron chi connectivity index (χ3n) is 5.58. The van der Waals surface area contributed by atoms with Crippen LogP contribution in [0.15, 0.2) is 5.11 Å². The minimum atomic E-state index is -0.461. The lowest BCUT2D eigenvalue weighted by atomic mass is 9.43. The van der Waals surface area contributed by atoms with E-state index in [4.69, 9.17) is 26.4 Å². The van der Waals surface area contributed by atoms with Gasteiger partial charge in [-0.15, -0.1) is 11.6 Å². The molecule has 5 nitrogen and oxygen atoms in total. The molecule has 1 heterocycles. The van der Waals surface area contributed by atoms with Gasteiger partial charge in [0.2, 0.25) is 0 Å². The highest BCUT2D eigenvalue weighted by Crippen LogP contribution is 2.65. The van der Waals surface area contributed by atoms with E-state index in [1.807, 2.05) is 0 Å². The first-order valence-electron chi connectivity index (χ1n) is 6.87. The van der Waals surface area contributed by atoms with Crippen LogP contribution in [0.3, 0.4) is 0 Å². The molecule has 1 unspecified atom stereocenters. The van der Waals surface area contributed by atoms with E-state index >= 15 is 0 Å². The Morgan fingerprint density at radius 1 is 1.47 bits per heavy atom. The second-order valence-electron chi connectivity index (χ2n) is 6.77. The van der Waals surface area contributed by atoms with Crippen LogP contribution in [-0.4, -0.2) is 30.6 Å². The summed E-state index contributed by atoms with van der Waals surface area (Å²) in [5.41, 5.74) is 8.44. The van der Waals surface area contributed by atoms with Crippen LogP contribution >= 0.6 is 11.6 Å². The third kappa shape index (κ3) is 1.81. The summed E-state index contributed by atoms with van der Waals surface area (Å²) in [5.74, 6) is 1.25. The largest absolute Gasteiger partial charge is 0.476 e. The van der Waals surface area contributed by atoms with E-state index in [0.717, 1.165) is 12.3 Å². The molecule has 1 saturated heterocycles. The normalized spacial score (nSPS) is 44.0. The van der Waals surface area contributed by atoms with Crippen LogP contribution < -0.4 is 0 Å².